The SMILES string of the molecule is COc1cc(CN)cc(OC)c1Br. The number of hydrogen-bond acceptors (Lipinski definition) is 3. The largest absolute Gasteiger partial charge is 0.495 e. The molecule has 0 heterocycles. The second kappa shape index (κ2) is 4.48. The predicted octanol–water partition coefficient (Wildman–Crippen LogP) is 1.92. The Balaban J connectivity index is 3.20. The van der Waals surface area contributed by atoms with Crippen molar-refractivity contribution < 1.29 is 9.47 Å². The third-order valence-electron chi connectivity index (χ3n) is 1.74. The van der Waals surface area contributed by atoms with E-state index in [4.69, 9.17) is 15.2 Å². The summed E-state index contributed by atoms with van der Waals surface area (Å²) in [5.41, 5.74) is 6.50. The lowest BCUT2D eigenvalue weighted by Gasteiger charge is -2.10. The highest BCUT2D eigenvalue weighted by molar-refractivity contribution is 9.10. The fourth-order valence-electron chi connectivity index (χ4n) is 1.04. The molecule has 3 nitrogen and oxygen atoms in total. The van der Waals surface area contributed by atoms with Gasteiger partial charge >= 0.3 is 0 Å². The zero-order valence-electron chi connectivity index (χ0n) is 7.63. The summed E-state index contributed by atoms with van der Waals surface area (Å²) in [5.74, 6) is 1.47. The first-order valence-corrected chi connectivity index (χ1v) is 4.62. The molecule has 0 aromatic heterocycles. The smallest absolute Gasteiger partial charge is 0.137 e. The number of rotatable bonds is 3. The summed E-state index contributed by atoms with van der Waals surface area (Å²) >= 11 is 3.37. The number of halogens is 1. The van der Waals surface area contributed by atoms with Gasteiger partial charge in [0.2, 0.25) is 0 Å². The van der Waals surface area contributed by atoms with Gasteiger partial charge in [0, 0.05) is 6.54 Å². The van der Waals surface area contributed by atoms with Gasteiger partial charge < -0.3 is 15.2 Å². The Kier molecular flexibility index (Phi) is 3.57. The zero-order chi connectivity index (χ0) is 9.84. The molecule has 0 spiro atoms. The molecule has 0 saturated heterocycles. The molecule has 0 fully saturated rings. The van der Waals surface area contributed by atoms with Crippen LogP contribution in [0.4, 0.5) is 0 Å². The van der Waals surface area contributed by atoms with Gasteiger partial charge in [-0.25, -0.2) is 0 Å². The van der Waals surface area contributed by atoms with E-state index in [1.807, 2.05) is 12.1 Å². The lowest BCUT2D eigenvalue weighted by atomic mass is 10.2. The Hall–Kier alpha value is -0.740. The van der Waals surface area contributed by atoms with E-state index in [2.05, 4.69) is 15.9 Å². The Morgan fingerprint density at radius 1 is 1.23 bits per heavy atom. The van der Waals surface area contributed by atoms with Crippen LogP contribution >= 0.6 is 15.9 Å². The maximum Gasteiger partial charge on any atom is 0.137 e. The van der Waals surface area contributed by atoms with Crippen LogP contribution in [0.15, 0.2) is 16.6 Å². The van der Waals surface area contributed by atoms with Gasteiger partial charge in [0.15, 0.2) is 0 Å². The third kappa shape index (κ3) is 2.14. The highest BCUT2D eigenvalue weighted by Crippen LogP contribution is 2.35. The second-order valence-corrected chi connectivity index (χ2v) is 3.31. The van der Waals surface area contributed by atoms with E-state index in [0.29, 0.717) is 6.54 Å². The first-order chi connectivity index (χ1) is 6.22. The van der Waals surface area contributed by atoms with Gasteiger partial charge in [-0.1, -0.05) is 0 Å². The van der Waals surface area contributed by atoms with Crippen LogP contribution in [0.5, 0.6) is 11.5 Å². The van der Waals surface area contributed by atoms with Gasteiger partial charge in [-0.15, -0.1) is 0 Å². The van der Waals surface area contributed by atoms with Crippen molar-refractivity contribution in [3.05, 3.63) is 22.2 Å². The number of ether oxygens (including phenoxy) is 2. The van der Waals surface area contributed by atoms with Gasteiger partial charge in [-0.3, -0.25) is 0 Å². The van der Waals surface area contributed by atoms with Crippen LogP contribution in [0.25, 0.3) is 0 Å². The molecule has 0 atom stereocenters. The molecule has 0 aliphatic carbocycles. The Morgan fingerprint density at radius 3 is 2.00 bits per heavy atom. The monoisotopic (exact) mass is 245 g/mol. The van der Waals surface area contributed by atoms with Crippen LogP contribution in [0.2, 0.25) is 0 Å². The first kappa shape index (κ1) is 10.3. The van der Waals surface area contributed by atoms with E-state index in [1.54, 1.807) is 14.2 Å². The molecule has 1 aromatic carbocycles. The second-order valence-electron chi connectivity index (χ2n) is 2.52. The maximum absolute atomic E-state index is 5.52. The standard InChI is InChI=1S/C9H12BrNO2/c1-12-7-3-6(5-11)4-8(13-2)9(7)10/h3-4H,5,11H2,1-2H3. The van der Waals surface area contributed by atoms with Gasteiger partial charge in [0.05, 0.1) is 14.2 Å². The molecule has 2 N–H and O–H groups in total. The zero-order valence-corrected chi connectivity index (χ0v) is 9.22. The predicted molar refractivity (Wildman–Crippen MR) is 55.1 cm³/mol. The average Bonchev–Trinajstić information content (AvgIpc) is 2.18. The molecule has 0 bridgehead atoms. The summed E-state index contributed by atoms with van der Waals surface area (Å²) in [4.78, 5) is 0. The Labute approximate surface area is 86.0 Å². The number of hydrogen-bond donors (Lipinski definition) is 1. The highest BCUT2D eigenvalue weighted by atomic mass is 79.9. The van der Waals surface area contributed by atoms with Crippen molar-refractivity contribution in [2.24, 2.45) is 5.73 Å². The van der Waals surface area contributed by atoms with E-state index in [9.17, 15) is 0 Å². The molecule has 0 unspecified atom stereocenters. The first-order valence-electron chi connectivity index (χ1n) is 3.83. The van der Waals surface area contributed by atoms with Gasteiger partial charge in [-0.05, 0) is 33.6 Å². The summed E-state index contributed by atoms with van der Waals surface area (Å²) in [7, 11) is 3.22. The van der Waals surface area contributed by atoms with Crippen LogP contribution < -0.4 is 15.2 Å². The minimum absolute atomic E-state index is 0.472. The Bertz CT molecular complexity index is 277. The average molecular weight is 246 g/mol. The molecular formula is C9H12BrNO2. The summed E-state index contributed by atoms with van der Waals surface area (Å²) in [6, 6.07) is 3.76. The minimum Gasteiger partial charge on any atom is -0.495 e. The summed E-state index contributed by atoms with van der Waals surface area (Å²) in [6.45, 7) is 0.472. The Morgan fingerprint density at radius 2 is 1.69 bits per heavy atom. The van der Waals surface area contributed by atoms with E-state index in [0.717, 1.165) is 21.5 Å². The molecule has 0 aliphatic heterocycles. The third-order valence-corrected chi connectivity index (χ3v) is 2.52. The molecule has 72 valence electrons. The number of nitrogens with two attached hydrogens (primary N) is 1. The van der Waals surface area contributed by atoms with Crippen LogP contribution in [-0.4, -0.2) is 14.2 Å². The van der Waals surface area contributed by atoms with E-state index in [-0.39, 0.29) is 0 Å². The van der Waals surface area contributed by atoms with E-state index in [1.165, 1.54) is 0 Å². The van der Waals surface area contributed by atoms with Crippen molar-refractivity contribution in [1.82, 2.24) is 0 Å². The van der Waals surface area contributed by atoms with Gasteiger partial charge in [-0.2, -0.15) is 0 Å². The van der Waals surface area contributed by atoms with Crippen LogP contribution in [0, 0.1) is 0 Å². The van der Waals surface area contributed by atoms with Crippen LogP contribution in [0.1, 0.15) is 5.56 Å². The molecular weight excluding hydrogens is 234 g/mol. The van der Waals surface area contributed by atoms with E-state index >= 15 is 0 Å². The lowest BCUT2D eigenvalue weighted by molar-refractivity contribution is 0.388. The molecule has 4 heteroatoms. The number of methoxy groups -OCH3 is 2. The van der Waals surface area contributed by atoms with Gasteiger partial charge in [0.1, 0.15) is 16.0 Å². The lowest BCUT2D eigenvalue weighted by Crippen LogP contribution is -1.99. The fourth-order valence-corrected chi connectivity index (χ4v) is 1.59. The highest BCUT2D eigenvalue weighted by Gasteiger charge is 2.08. The molecule has 0 aliphatic rings. The molecule has 0 saturated carbocycles. The molecule has 0 radical (unpaired) electrons. The normalized spacial score (nSPS) is 9.85. The maximum atomic E-state index is 5.52. The summed E-state index contributed by atoms with van der Waals surface area (Å²) in [6.07, 6.45) is 0. The topological polar surface area (TPSA) is 44.5 Å². The molecule has 1 aromatic rings. The molecule has 0 amide bonds. The van der Waals surface area contributed by atoms with Crippen molar-refractivity contribution in [1.29, 1.82) is 0 Å². The number of benzene rings is 1. The van der Waals surface area contributed by atoms with Crippen molar-refractivity contribution in [3.8, 4) is 11.5 Å². The fraction of sp³-hybridized carbons (Fsp3) is 0.333. The summed E-state index contributed by atoms with van der Waals surface area (Å²) < 4.78 is 11.1. The molecule has 1 rings (SSSR count). The van der Waals surface area contributed by atoms with Crippen LogP contribution in [0.3, 0.4) is 0 Å². The minimum atomic E-state index is 0.472. The summed E-state index contributed by atoms with van der Waals surface area (Å²) in [5, 5.41) is 0. The van der Waals surface area contributed by atoms with Crippen molar-refractivity contribution >= 4 is 15.9 Å². The van der Waals surface area contributed by atoms with Crippen molar-refractivity contribution in [3.63, 3.8) is 0 Å². The van der Waals surface area contributed by atoms with Crippen LogP contribution in [-0.2, 0) is 6.54 Å². The van der Waals surface area contributed by atoms with Gasteiger partial charge in [0.25, 0.3) is 0 Å². The quantitative estimate of drug-likeness (QED) is 0.886. The van der Waals surface area contributed by atoms with Crippen molar-refractivity contribution in [2.75, 3.05) is 14.2 Å². The van der Waals surface area contributed by atoms with E-state index < -0.39 is 0 Å². The van der Waals surface area contributed by atoms with Crippen molar-refractivity contribution in [2.45, 2.75) is 6.54 Å². The molecule has 13 heavy (non-hydrogen) atoms.